The lowest BCUT2D eigenvalue weighted by Gasteiger charge is -2.07. The van der Waals surface area contributed by atoms with Gasteiger partial charge in [0.2, 0.25) is 0 Å². The first-order valence-corrected chi connectivity index (χ1v) is 8.76. The predicted molar refractivity (Wildman–Crippen MR) is 92.6 cm³/mol. The van der Waals surface area contributed by atoms with Crippen molar-refractivity contribution in [2.24, 2.45) is 0 Å². The van der Waals surface area contributed by atoms with Gasteiger partial charge in [0.15, 0.2) is 11.0 Å². The first-order chi connectivity index (χ1) is 10.8. The molecule has 0 bridgehead atoms. The summed E-state index contributed by atoms with van der Waals surface area (Å²) in [5, 5.41) is 9.62. The Labute approximate surface area is 142 Å². The fourth-order valence-corrected chi connectivity index (χ4v) is 3.35. The van der Waals surface area contributed by atoms with E-state index < -0.39 is 0 Å². The molecule has 0 spiro atoms. The Morgan fingerprint density at radius 3 is 2.45 bits per heavy atom. The minimum absolute atomic E-state index is 0.841. The van der Waals surface area contributed by atoms with Gasteiger partial charge < -0.3 is 4.57 Å². The molecular formula is C16H15BrN4S. The van der Waals surface area contributed by atoms with Crippen molar-refractivity contribution < 1.29 is 0 Å². The highest BCUT2D eigenvalue weighted by Gasteiger charge is 2.12. The van der Waals surface area contributed by atoms with Gasteiger partial charge in [-0.3, -0.25) is 4.98 Å². The SMILES string of the molecule is CCn1c(SCc2ccc(Br)cc2)nnc1-c1ccncc1. The monoisotopic (exact) mass is 374 g/mol. The summed E-state index contributed by atoms with van der Waals surface area (Å²) in [5.41, 5.74) is 2.31. The molecule has 0 N–H and O–H groups in total. The number of hydrogen-bond donors (Lipinski definition) is 0. The van der Waals surface area contributed by atoms with Crippen LogP contribution in [0, 0.1) is 0 Å². The summed E-state index contributed by atoms with van der Waals surface area (Å²) in [6.45, 7) is 2.95. The van der Waals surface area contributed by atoms with E-state index in [1.54, 1.807) is 24.2 Å². The third-order valence-corrected chi connectivity index (χ3v) is 4.82. The molecule has 0 saturated heterocycles. The van der Waals surface area contributed by atoms with Gasteiger partial charge in [0, 0.05) is 34.7 Å². The highest BCUT2D eigenvalue weighted by Crippen LogP contribution is 2.26. The van der Waals surface area contributed by atoms with E-state index in [0.29, 0.717) is 0 Å². The van der Waals surface area contributed by atoms with Gasteiger partial charge in [-0.25, -0.2) is 0 Å². The van der Waals surface area contributed by atoms with Crippen molar-refractivity contribution in [1.29, 1.82) is 0 Å². The average Bonchev–Trinajstić information content (AvgIpc) is 2.98. The summed E-state index contributed by atoms with van der Waals surface area (Å²) in [5.74, 6) is 1.77. The zero-order valence-electron chi connectivity index (χ0n) is 12.1. The smallest absolute Gasteiger partial charge is 0.191 e. The fraction of sp³-hybridized carbons (Fsp3) is 0.188. The molecule has 3 rings (SSSR count). The number of halogens is 1. The first-order valence-electron chi connectivity index (χ1n) is 6.98. The number of aromatic nitrogens is 4. The molecule has 6 heteroatoms. The van der Waals surface area contributed by atoms with Gasteiger partial charge in [-0.05, 0) is 36.8 Å². The zero-order chi connectivity index (χ0) is 15.4. The Bertz CT molecular complexity index is 741. The lowest BCUT2D eigenvalue weighted by molar-refractivity contribution is 0.687. The van der Waals surface area contributed by atoms with Crippen molar-refractivity contribution in [1.82, 2.24) is 19.7 Å². The summed E-state index contributed by atoms with van der Waals surface area (Å²) < 4.78 is 3.23. The van der Waals surface area contributed by atoms with Crippen molar-refractivity contribution >= 4 is 27.7 Å². The predicted octanol–water partition coefficient (Wildman–Crippen LogP) is 4.41. The largest absolute Gasteiger partial charge is 0.302 e. The quantitative estimate of drug-likeness (QED) is 0.620. The Hall–Kier alpha value is -1.66. The molecule has 0 aliphatic rings. The van der Waals surface area contributed by atoms with E-state index in [1.165, 1.54) is 5.56 Å². The van der Waals surface area contributed by atoms with Gasteiger partial charge >= 0.3 is 0 Å². The van der Waals surface area contributed by atoms with Crippen molar-refractivity contribution in [3.05, 3.63) is 58.8 Å². The van der Waals surface area contributed by atoms with E-state index in [4.69, 9.17) is 0 Å². The van der Waals surface area contributed by atoms with Crippen LogP contribution < -0.4 is 0 Å². The topological polar surface area (TPSA) is 43.6 Å². The van der Waals surface area contributed by atoms with Crippen molar-refractivity contribution in [2.75, 3.05) is 0 Å². The highest BCUT2D eigenvalue weighted by atomic mass is 79.9. The van der Waals surface area contributed by atoms with Crippen LogP contribution >= 0.6 is 27.7 Å². The molecule has 2 aromatic heterocycles. The highest BCUT2D eigenvalue weighted by molar-refractivity contribution is 9.10. The molecule has 0 fully saturated rings. The first kappa shape index (κ1) is 15.2. The second-order valence-electron chi connectivity index (χ2n) is 4.70. The van der Waals surface area contributed by atoms with E-state index in [1.807, 2.05) is 12.1 Å². The Morgan fingerprint density at radius 1 is 1.05 bits per heavy atom. The molecule has 22 heavy (non-hydrogen) atoms. The number of thioether (sulfide) groups is 1. The van der Waals surface area contributed by atoms with Crippen LogP contribution in [0.5, 0.6) is 0 Å². The summed E-state index contributed by atoms with van der Waals surface area (Å²) in [4.78, 5) is 4.05. The molecule has 0 aliphatic heterocycles. The van der Waals surface area contributed by atoms with Crippen molar-refractivity contribution in [3.8, 4) is 11.4 Å². The Morgan fingerprint density at radius 2 is 1.77 bits per heavy atom. The second kappa shape index (κ2) is 7.07. The van der Waals surface area contributed by atoms with Gasteiger partial charge in [0.05, 0.1) is 0 Å². The third kappa shape index (κ3) is 3.39. The molecule has 3 aromatic rings. The summed E-state index contributed by atoms with van der Waals surface area (Å²) in [7, 11) is 0. The maximum absolute atomic E-state index is 4.34. The van der Waals surface area contributed by atoms with Crippen LogP contribution in [-0.2, 0) is 12.3 Å². The standard InChI is InChI=1S/C16H15BrN4S/c1-2-21-15(13-7-9-18-10-8-13)19-20-16(21)22-11-12-3-5-14(17)6-4-12/h3-10H,2,11H2,1H3. The lowest BCUT2D eigenvalue weighted by Crippen LogP contribution is -1.99. The minimum Gasteiger partial charge on any atom is -0.302 e. The number of hydrogen-bond acceptors (Lipinski definition) is 4. The molecule has 4 nitrogen and oxygen atoms in total. The Balaban J connectivity index is 1.80. The van der Waals surface area contributed by atoms with Gasteiger partial charge in [-0.1, -0.05) is 39.8 Å². The molecule has 0 atom stereocenters. The molecule has 2 heterocycles. The number of benzene rings is 1. The van der Waals surface area contributed by atoms with Crippen LogP contribution in [0.4, 0.5) is 0 Å². The molecule has 0 unspecified atom stereocenters. The van der Waals surface area contributed by atoms with E-state index in [0.717, 1.165) is 33.3 Å². The van der Waals surface area contributed by atoms with Gasteiger partial charge in [-0.15, -0.1) is 10.2 Å². The van der Waals surface area contributed by atoms with E-state index >= 15 is 0 Å². The van der Waals surface area contributed by atoms with E-state index in [2.05, 4.69) is 66.9 Å². The van der Waals surface area contributed by atoms with Crippen molar-refractivity contribution in [2.45, 2.75) is 24.4 Å². The summed E-state index contributed by atoms with van der Waals surface area (Å²) in [6.07, 6.45) is 3.55. The third-order valence-electron chi connectivity index (χ3n) is 3.25. The molecule has 0 amide bonds. The maximum Gasteiger partial charge on any atom is 0.191 e. The Kier molecular flexibility index (Phi) is 4.90. The molecule has 0 saturated carbocycles. The zero-order valence-corrected chi connectivity index (χ0v) is 14.5. The van der Waals surface area contributed by atoms with Gasteiger partial charge in [-0.2, -0.15) is 0 Å². The minimum atomic E-state index is 0.841. The summed E-state index contributed by atoms with van der Waals surface area (Å²) in [6, 6.07) is 12.3. The van der Waals surface area contributed by atoms with Gasteiger partial charge in [0.1, 0.15) is 0 Å². The van der Waals surface area contributed by atoms with Crippen molar-refractivity contribution in [3.63, 3.8) is 0 Å². The normalized spacial score (nSPS) is 10.8. The number of pyridine rings is 1. The fourth-order valence-electron chi connectivity index (χ4n) is 2.12. The van der Waals surface area contributed by atoms with Crippen LogP contribution in [0.1, 0.15) is 12.5 Å². The molecule has 1 aromatic carbocycles. The van der Waals surface area contributed by atoms with Crippen LogP contribution in [0.25, 0.3) is 11.4 Å². The second-order valence-corrected chi connectivity index (χ2v) is 6.56. The molecule has 0 aliphatic carbocycles. The van der Waals surface area contributed by atoms with E-state index in [9.17, 15) is 0 Å². The van der Waals surface area contributed by atoms with E-state index in [-0.39, 0.29) is 0 Å². The average molecular weight is 375 g/mol. The summed E-state index contributed by atoms with van der Waals surface area (Å²) >= 11 is 5.16. The lowest BCUT2D eigenvalue weighted by atomic mass is 10.2. The van der Waals surface area contributed by atoms with Crippen LogP contribution in [0.15, 0.2) is 58.4 Å². The number of nitrogens with zero attached hydrogens (tertiary/aromatic N) is 4. The van der Waals surface area contributed by atoms with Crippen LogP contribution in [-0.4, -0.2) is 19.7 Å². The molecular weight excluding hydrogens is 360 g/mol. The van der Waals surface area contributed by atoms with Crippen LogP contribution in [0.3, 0.4) is 0 Å². The van der Waals surface area contributed by atoms with Crippen LogP contribution in [0.2, 0.25) is 0 Å². The molecule has 112 valence electrons. The van der Waals surface area contributed by atoms with Gasteiger partial charge in [0.25, 0.3) is 0 Å². The maximum atomic E-state index is 4.34. The number of rotatable bonds is 5. The molecule has 0 radical (unpaired) electrons.